The molecule has 0 spiro atoms. The molecule has 1 unspecified atom stereocenters. The molecule has 6 nitrogen and oxygen atoms in total. The highest BCUT2D eigenvalue weighted by atomic mass is 32.1. The van der Waals surface area contributed by atoms with Gasteiger partial charge in [-0.2, -0.15) is 0 Å². The summed E-state index contributed by atoms with van der Waals surface area (Å²) < 4.78 is 13.7. The number of thiophene rings is 1. The average Bonchev–Trinajstić information content (AvgIpc) is 3.30. The summed E-state index contributed by atoms with van der Waals surface area (Å²) in [5, 5.41) is 0. The second-order valence-electron chi connectivity index (χ2n) is 7.92. The summed E-state index contributed by atoms with van der Waals surface area (Å²) in [4.78, 5) is 28.8. The summed E-state index contributed by atoms with van der Waals surface area (Å²) in [6.07, 6.45) is 1.57. The molecule has 0 bridgehead atoms. The Morgan fingerprint density at radius 3 is 2.84 bits per heavy atom. The Hall–Kier alpha value is -2.80. The number of aromatic nitrogens is 1. The monoisotopic (exact) mass is 440 g/mol. The van der Waals surface area contributed by atoms with Crippen LogP contribution in [0.5, 0.6) is 5.75 Å². The standard InChI is InChI=1S/C24H28N2O4S/c1-4-30-24(28)18-8-6-10-25(15-18)23(27)21-13-22-20(11-16(2)31-22)26(21)14-17-7-5-9-19(12-17)29-3/h5,7,9,11-13,18H,4,6,8,10,14-15H2,1-3H3. The maximum atomic E-state index is 13.5. The van der Waals surface area contributed by atoms with E-state index in [2.05, 4.69) is 17.6 Å². The van der Waals surface area contributed by atoms with Crippen LogP contribution in [0.25, 0.3) is 10.2 Å². The van der Waals surface area contributed by atoms with Gasteiger partial charge in [-0.1, -0.05) is 12.1 Å². The molecular weight excluding hydrogens is 412 g/mol. The molecule has 3 aromatic rings. The molecule has 164 valence electrons. The lowest BCUT2D eigenvalue weighted by Crippen LogP contribution is -2.43. The van der Waals surface area contributed by atoms with E-state index in [4.69, 9.17) is 9.47 Å². The molecule has 1 aliphatic heterocycles. The fourth-order valence-corrected chi connectivity index (χ4v) is 5.20. The normalized spacial score (nSPS) is 16.5. The van der Waals surface area contributed by atoms with Crippen molar-refractivity contribution in [2.24, 2.45) is 5.92 Å². The zero-order valence-electron chi connectivity index (χ0n) is 18.2. The van der Waals surface area contributed by atoms with Crippen molar-refractivity contribution in [3.63, 3.8) is 0 Å². The molecule has 0 aliphatic carbocycles. The minimum absolute atomic E-state index is 0.0297. The quantitative estimate of drug-likeness (QED) is 0.530. The van der Waals surface area contributed by atoms with Crippen LogP contribution in [0.4, 0.5) is 0 Å². The number of rotatable bonds is 6. The number of hydrogen-bond acceptors (Lipinski definition) is 5. The predicted molar refractivity (Wildman–Crippen MR) is 122 cm³/mol. The molecule has 4 rings (SSSR count). The highest BCUT2D eigenvalue weighted by molar-refractivity contribution is 7.19. The Morgan fingerprint density at radius 1 is 1.23 bits per heavy atom. The highest BCUT2D eigenvalue weighted by Crippen LogP contribution is 2.31. The number of carbonyl (C=O) groups excluding carboxylic acids is 2. The number of ether oxygens (including phenoxy) is 2. The molecular formula is C24H28N2O4S. The summed E-state index contributed by atoms with van der Waals surface area (Å²) in [7, 11) is 1.65. The van der Waals surface area contributed by atoms with Crippen LogP contribution in [0.15, 0.2) is 36.4 Å². The van der Waals surface area contributed by atoms with Crippen molar-refractivity contribution in [3.8, 4) is 5.75 Å². The molecule has 0 saturated carbocycles. The van der Waals surface area contributed by atoms with E-state index in [0.29, 0.717) is 31.9 Å². The Labute approximate surface area is 186 Å². The summed E-state index contributed by atoms with van der Waals surface area (Å²) >= 11 is 1.69. The van der Waals surface area contributed by atoms with Gasteiger partial charge in [0.15, 0.2) is 0 Å². The van der Waals surface area contributed by atoms with Gasteiger partial charge < -0.3 is 18.9 Å². The van der Waals surface area contributed by atoms with Crippen LogP contribution in [0, 0.1) is 12.8 Å². The third kappa shape index (κ3) is 4.46. The largest absolute Gasteiger partial charge is 0.497 e. The van der Waals surface area contributed by atoms with E-state index in [9.17, 15) is 9.59 Å². The van der Waals surface area contributed by atoms with Gasteiger partial charge in [0.1, 0.15) is 11.4 Å². The predicted octanol–water partition coefficient (Wildman–Crippen LogP) is 4.48. The number of piperidine rings is 1. The zero-order chi connectivity index (χ0) is 22.0. The van der Waals surface area contributed by atoms with E-state index >= 15 is 0 Å². The molecule has 1 saturated heterocycles. The Kier molecular flexibility index (Phi) is 6.32. The maximum absolute atomic E-state index is 13.5. The molecule has 1 aromatic carbocycles. The lowest BCUT2D eigenvalue weighted by Gasteiger charge is -2.31. The molecule has 0 radical (unpaired) electrons. The van der Waals surface area contributed by atoms with Crippen LogP contribution < -0.4 is 4.74 Å². The van der Waals surface area contributed by atoms with Crippen molar-refractivity contribution in [1.29, 1.82) is 0 Å². The highest BCUT2D eigenvalue weighted by Gasteiger charge is 2.31. The molecule has 0 N–H and O–H groups in total. The molecule has 3 heterocycles. The van der Waals surface area contributed by atoms with E-state index in [1.54, 1.807) is 23.3 Å². The Morgan fingerprint density at radius 2 is 2.06 bits per heavy atom. The van der Waals surface area contributed by atoms with Gasteiger partial charge in [0.25, 0.3) is 5.91 Å². The van der Waals surface area contributed by atoms with Gasteiger partial charge in [-0.3, -0.25) is 9.59 Å². The molecule has 1 amide bonds. The average molecular weight is 441 g/mol. The molecule has 31 heavy (non-hydrogen) atoms. The van der Waals surface area contributed by atoms with E-state index in [1.165, 1.54) is 4.88 Å². The van der Waals surface area contributed by atoms with Crippen molar-refractivity contribution in [2.75, 3.05) is 26.8 Å². The summed E-state index contributed by atoms with van der Waals surface area (Å²) in [5.74, 6) is 0.313. The number of aryl methyl sites for hydroxylation is 1. The number of methoxy groups -OCH3 is 1. The molecule has 1 atom stereocenters. The van der Waals surface area contributed by atoms with Gasteiger partial charge in [-0.25, -0.2) is 0 Å². The second kappa shape index (κ2) is 9.14. The first kappa shape index (κ1) is 21.4. The van der Waals surface area contributed by atoms with Crippen LogP contribution in [0.2, 0.25) is 0 Å². The second-order valence-corrected chi connectivity index (χ2v) is 9.20. The van der Waals surface area contributed by atoms with Gasteiger partial charge >= 0.3 is 5.97 Å². The van der Waals surface area contributed by atoms with Crippen molar-refractivity contribution >= 4 is 33.4 Å². The van der Waals surface area contributed by atoms with E-state index < -0.39 is 0 Å². The molecule has 7 heteroatoms. The van der Waals surface area contributed by atoms with E-state index in [1.807, 2.05) is 37.3 Å². The number of likely N-dealkylation sites (tertiary alicyclic amines) is 1. The Balaban J connectivity index is 1.65. The third-order valence-corrected chi connectivity index (χ3v) is 6.72. The summed E-state index contributed by atoms with van der Waals surface area (Å²) in [5.41, 5.74) is 2.79. The third-order valence-electron chi connectivity index (χ3n) is 5.74. The van der Waals surface area contributed by atoms with Gasteiger partial charge in [0, 0.05) is 24.5 Å². The number of fused-ring (bicyclic) bond motifs is 1. The number of carbonyl (C=O) groups is 2. The lowest BCUT2D eigenvalue weighted by molar-refractivity contribution is -0.149. The van der Waals surface area contributed by atoms with Crippen LogP contribution >= 0.6 is 11.3 Å². The van der Waals surface area contributed by atoms with E-state index in [-0.39, 0.29) is 17.8 Å². The first-order valence-corrected chi connectivity index (χ1v) is 11.5. The lowest BCUT2D eigenvalue weighted by atomic mass is 9.98. The van der Waals surface area contributed by atoms with Crippen molar-refractivity contribution in [1.82, 2.24) is 9.47 Å². The van der Waals surface area contributed by atoms with Crippen molar-refractivity contribution in [3.05, 3.63) is 52.5 Å². The summed E-state index contributed by atoms with van der Waals surface area (Å²) in [6.45, 7) is 5.90. The number of hydrogen-bond donors (Lipinski definition) is 0. The first-order chi connectivity index (χ1) is 15.0. The minimum Gasteiger partial charge on any atom is -0.497 e. The topological polar surface area (TPSA) is 60.8 Å². The van der Waals surface area contributed by atoms with Gasteiger partial charge in [-0.05, 0) is 56.5 Å². The fraction of sp³-hybridized carbons (Fsp3) is 0.417. The fourth-order valence-electron chi connectivity index (χ4n) is 4.24. The SMILES string of the molecule is CCOC(=O)C1CCCN(C(=O)c2cc3sc(C)cc3n2Cc2cccc(OC)c2)C1. The van der Waals surface area contributed by atoms with Crippen molar-refractivity contribution in [2.45, 2.75) is 33.2 Å². The number of amides is 1. The smallest absolute Gasteiger partial charge is 0.310 e. The van der Waals surface area contributed by atoms with Gasteiger partial charge in [0.2, 0.25) is 0 Å². The molecule has 2 aromatic heterocycles. The molecule has 1 aliphatic rings. The van der Waals surface area contributed by atoms with E-state index in [0.717, 1.165) is 34.4 Å². The first-order valence-electron chi connectivity index (χ1n) is 10.7. The minimum atomic E-state index is -0.247. The maximum Gasteiger partial charge on any atom is 0.310 e. The Bertz CT molecular complexity index is 1100. The molecule has 1 fully saturated rings. The van der Waals surface area contributed by atoms with Crippen LogP contribution in [-0.2, 0) is 16.1 Å². The summed E-state index contributed by atoms with van der Waals surface area (Å²) in [6, 6.07) is 12.0. The number of esters is 1. The van der Waals surface area contributed by atoms with Crippen LogP contribution in [0.3, 0.4) is 0 Å². The van der Waals surface area contributed by atoms with Gasteiger partial charge in [0.05, 0.1) is 29.9 Å². The number of nitrogens with zero attached hydrogens (tertiary/aromatic N) is 2. The van der Waals surface area contributed by atoms with Gasteiger partial charge in [-0.15, -0.1) is 11.3 Å². The van der Waals surface area contributed by atoms with Crippen LogP contribution in [0.1, 0.15) is 40.7 Å². The zero-order valence-corrected chi connectivity index (χ0v) is 19.0. The van der Waals surface area contributed by atoms with Crippen LogP contribution in [-0.4, -0.2) is 48.1 Å². The van der Waals surface area contributed by atoms with Crippen molar-refractivity contribution < 1.29 is 19.1 Å². The number of benzene rings is 1.